The molecule has 0 aromatic heterocycles. The van der Waals surface area contributed by atoms with Gasteiger partial charge in [-0.25, -0.2) is 0 Å². The molecule has 0 radical (unpaired) electrons. The Kier molecular flexibility index (Phi) is 8.40. The highest BCUT2D eigenvalue weighted by Gasteiger charge is 2.53. The molecule has 0 spiro atoms. The number of rotatable bonds is 8. The third-order valence-corrected chi connectivity index (χ3v) is 8.10. The van der Waals surface area contributed by atoms with E-state index in [4.69, 9.17) is 9.73 Å². The topological polar surface area (TPSA) is 119 Å². The summed E-state index contributed by atoms with van der Waals surface area (Å²) >= 11 is 0. The second-order valence-corrected chi connectivity index (χ2v) is 11.2. The molecule has 0 saturated carbocycles. The standard InChI is InChI=1S/C29H38N2O6/c1-18-11-10-15-28(3,4)22(18)14-7-8-16-29(5)25(26(32)33)24(23(19(2)30-29)27(34)37-6)20-12-9-13-21(17-20)31(35)36/h7,9,12-14,17,23-25H,8,10-11,15-16H2,1-6H3,(H,32,33). The first-order valence-corrected chi connectivity index (χ1v) is 12.8. The lowest BCUT2D eigenvalue weighted by atomic mass is 9.63. The van der Waals surface area contributed by atoms with Gasteiger partial charge in [-0.2, -0.15) is 0 Å². The fourth-order valence-electron chi connectivity index (χ4n) is 6.27. The molecule has 0 fully saturated rings. The molecule has 1 heterocycles. The Labute approximate surface area is 218 Å². The fraction of sp³-hybridized carbons (Fsp3) is 0.552. The fourth-order valence-corrected chi connectivity index (χ4v) is 6.27. The number of allylic oxidation sites excluding steroid dienone is 4. The molecule has 0 amide bonds. The number of nitro groups is 1. The Hall–Kier alpha value is -3.29. The summed E-state index contributed by atoms with van der Waals surface area (Å²) in [5.41, 5.74) is 2.53. The summed E-state index contributed by atoms with van der Waals surface area (Å²) in [5.74, 6) is -4.60. The highest BCUT2D eigenvalue weighted by molar-refractivity contribution is 6.03. The zero-order valence-corrected chi connectivity index (χ0v) is 22.6. The predicted octanol–water partition coefficient (Wildman–Crippen LogP) is 6.26. The number of carboxylic acids is 1. The minimum atomic E-state index is -1.10. The van der Waals surface area contributed by atoms with Gasteiger partial charge in [0, 0.05) is 23.8 Å². The van der Waals surface area contributed by atoms with Crippen molar-refractivity contribution in [2.24, 2.45) is 22.2 Å². The lowest BCUT2D eigenvalue weighted by molar-refractivity contribution is -0.385. The van der Waals surface area contributed by atoms with Crippen LogP contribution < -0.4 is 0 Å². The molecule has 1 aliphatic carbocycles. The van der Waals surface area contributed by atoms with Crippen LogP contribution in [0.4, 0.5) is 5.69 Å². The van der Waals surface area contributed by atoms with Crippen LogP contribution >= 0.6 is 0 Å². The lowest BCUT2D eigenvalue weighted by Gasteiger charge is -2.44. The molecular weight excluding hydrogens is 472 g/mol. The van der Waals surface area contributed by atoms with E-state index in [2.05, 4.69) is 32.9 Å². The number of methoxy groups -OCH3 is 1. The van der Waals surface area contributed by atoms with Crippen molar-refractivity contribution in [3.05, 3.63) is 63.2 Å². The Morgan fingerprint density at radius 1 is 1.27 bits per heavy atom. The molecule has 2 aliphatic rings. The summed E-state index contributed by atoms with van der Waals surface area (Å²) in [7, 11) is 1.25. The van der Waals surface area contributed by atoms with E-state index in [-0.39, 0.29) is 11.1 Å². The van der Waals surface area contributed by atoms with Gasteiger partial charge in [0.05, 0.1) is 23.5 Å². The van der Waals surface area contributed by atoms with Crippen LogP contribution in [0.1, 0.15) is 78.2 Å². The first-order chi connectivity index (χ1) is 17.3. The van der Waals surface area contributed by atoms with Crippen LogP contribution in [0.2, 0.25) is 0 Å². The van der Waals surface area contributed by atoms with Crippen molar-refractivity contribution in [3.8, 4) is 0 Å². The zero-order valence-electron chi connectivity index (χ0n) is 22.6. The van der Waals surface area contributed by atoms with Gasteiger partial charge >= 0.3 is 11.9 Å². The third kappa shape index (κ3) is 5.84. The third-order valence-electron chi connectivity index (χ3n) is 8.10. The second kappa shape index (κ2) is 11.0. The Morgan fingerprint density at radius 3 is 2.57 bits per heavy atom. The van der Waals surface area contributed by atoms with Crippen molar-refractivity contribution in [1.29, 1.82) is 0 Å². The van der Waals surface area contributed by atoms with Gasteiger partial charge in [0.2, 0.25) is 0 Å². The number of aliphatic carboxylic acids is 1. The molecule has 8 heteroatoms. The van der Waals surface area contributed by atoms with Crippen LogP contribution in [-0.2, 0) is 14.3 Å². The summed E-state index contributed by atoms with van der Waals surface area (Å²) in [4.78, 5) is 41.3. The molecule has 0 saturated heterocycles. The van der Waals surface area contributed by atoms with Gasteiger partial charge < -0.3 is 9.84 Å². The largest absolute Gasteiger partial charge is 0.481 e. The SMILES string of the molecule is COC(=O)C1C(C)=NC(C)(CCC=CC2=C(C)CCCC2(C)C)C(C(=O)O)C1c1cccc([N+](=O)[O-])c1. The van der Waals surface area contributed by atoms with E-state index >= 15 is 0 Å². The van der Waals surface area contributed by atoms with Gasteiger partial charge in [0.1, 0.15) is 5.92 Å². The maximum absolute atomic E-state index is 12.8. The predicted molar refractivity (Wildman–Crippen MR) is 143 cm³/mol. The minimum Gasteiger partial charge on any atom is -0.481 e. The highest BCUT2D eigenvalue weighted by Crippen LogP contribution is 2.48. The highest BCUT2D eigenvalue weighted by atomic mass is 16.6. The lowest BCUT2D eigenvalue weighted by Crippen LogP contribution is -2.51. The van der Waals surface area contributed by atoms with Crippen LogP contribution in [0.15, 0.2) is 52.6 Å². The smallest absolute Gasteiger partial charge is 0.315 e. The Morgan fingerprint density at radius 2 is 1.97 bits per heavy atom. The van der Waals surface area contributed by atoms with E-state index in [9.17, 15) is 24.8 Å². The summed E-state index contributed by atoms with van der Waals surface area (Å²) in [6.07, 6.45) is 8.72. The van der Waals surface area contributed by atoms with Gasteiger partial charge in [0.25, 0.3) is 5.69 Å². The molecule has 200 valence electrons. The number of aliphatic imine (C=N–C) groups is 1. The quantitative estimate of drug-likeness (QED) is 0.250. The molecule has 0 bridgehead atoms. The first kappa shape index (κ1) is 28.3. The first-order valence-electron chi connectivity index (χ1n) is 12.8. The number of non-ortho nitro benzene ring substituents is 1. The summed E-state index contributed by atoms with van der Waals surface area (Å²) in [6, 6.07) is 5.87. The maximum Gasteiger partial charge on any atom is 0.315 e. The number of hydrogen-bond acceptors (Lipinski definition) is 6. The Balaban J connectivity index is 2.01. The summed E-state index contributed by atoms with van der Waals surface area (Å²) in [6.45, 7) is 10.2. The number of carbonyl (C=O) groups excluding carboxylic acids is 1. The molecule has 3 rings (SSSR count). The van der Waals surface area contributed by atoms with Crippen LogP contribution in [0, 0.1) is 27.4 Å². The van der Waals surface area contributed by atoms with Crippen molar-refractivity contribution < 1.29 is 24.4 Å². The minimum absolute atomic E-state index is 0.104. The molecule has 4 unspecified atom stereocenters. The number of ether oxygens (including phenoxy) is 1. The van der Waals surface area contributed by atoms with Gasteiger partial charge in [-0.1, -0.05) is 43.7 Å². The van der Waals surface area contributed by atoms with Crippen LogP contribution in [0.3, 0.4) is 0 Å². The Bertz CT molecular complexity index is 1160. The van der Waals surface area contributed by atoms with Crippen molar-refractivity contribution >= 4 is 23.3 Å². The number of carbonyl (C=O) groups is 2. The number of hydrogen-bond donors (Lipinski definition) is 1. The van der Waals surface area contributed by atoms with E-state index in [1.807, 2.05) is 0 Å². The maximum atomic E-state index is 12.8. The van der Waals surface area contributed by atoms with E-state index in [0.29, 0.717) is 24.1 Å². The molecule has 1 aliphatic heterocycles. The number of nitro benzene ring substituents is 1. The molecule has 1 N–H and O–H groups in total. The number of esters is 1. The van der Waals surface area contributed by atoms with Gasteiger partial charge in [0.15, 0.2) is 0 Å². The van der Waals surface area contributed by atoms with Crippen molar-refractivity contribution in [2.45, 2.75) is 78.2 Å². The molecule has 8 nitrogen and oxygen atoms in total. The van der Waals surface area contributed by atoms with Crippen molar-refractivity contribution in [1.82, 2.24) is 0 Å². The van der Waals surface area contributed by atoms with E-state index in [0.717, 1.165) is 12.8 Å². The average molecular weight is 511 g/mol. The normalized spacial score (nSPS) is 27.6. The average Bonchev–Trinajstić information content (AvgIpc) is 2.81. The molecule has 1 aromatic carbocycles. The zero-order chi connectivity index (χ0) is 27.5. The van der Waals surface area contributed by atoms with Crippen molar-refractivity contribution in [2.75, 3.05) is 7.11 Å². The second-order valence-electron chi connectivity index (χ2n) is 11.2. The summed E-state index contributed by atoms with van der Waals surface area (Å²) in [5, 5.41) is 21.9. The number of benzene rings is 1. The molecule has 4 atom stereocenters. The van der Waals surface area contributed by atoms with Gasteiger partial charge in [-0.3, -0.25) is 24.7 Å². The van der Waals surface area contributed by atoms with E-state index < -0.39 is 40.2 Å². The van der Waals surface area contributed by atoms with E-state index in [1.54, 1.807) is 19.9 Å². The monoisotopic (exact) mass is 510 g/mol. The molecule has 1 aromatic rings. The van der Waals surface area contributed by atoms with Gasteiger partial charge in [-0.15, -0.1) is 0 Å². The van der Waals surface area contributed by atoms with E-state index in [1.165, 1.54) is 42.9 Å². The molecular formula is C29H38N2O6. The van der Waals surface area contributed by atoms with Crippen LogP contribution in [-0.4, -0.2) is 40.3 Å². The summed E-state index contributed by atoms with van der Waals surface area (Å²) < 4.78 is 5.02. The van der Waals surface area contributed by atoms with Crippen LogP contribution in [0.25, 0.3) is 0 Å². The van der Waals surface area contributed by atoms with Crippen molar-refractivity contribution in [3.63, 3.8) is 0 Å². The number of carboxylic acid groups (broad SMARTS) is 1. The van der Waals surface area contributed by atoms with Crippen LogP contribution in [0.5, 0.6) is 0 Å². The number of nitrogens with zero attached hydrogens (tertiary/aromatic N) is 2. The van der Waals surface area contributed by atoms with Gasteiger partial charge in [-0.05, 0) is 69.4 Å². The molecule has 37 heavy (non-hydrogen) atoms.